The molecule has 4 atom stereocenters. The predicted octanol–water partition coefficient (Wildman–Crippen LogP) is 5.18. The van der Waals surface area contributed by atoms with Gasteiger partial charge in [0.15, 0.2) is 0 Å². The number of hydrogen-bond acceptors (Lipinski definition) is 6. The van der Waals surface area contributed by atoms with Crippen molar-refractivity contribution in [1.82, 2.24) is 19.5 Å². The normalized spacial score (nSPS) is 23.9. The molecule has 4 aromatic rings. The lowest BCUT2D eigenvalue weighted by molar-refractivity contribution is -0.144. The largest absolute Gasteiger partial charge is 0.481 e. The second-order valence-electron chi connectivity index (χ2n) is 10.7. The molecule has 1 saturated carbocycles. The molecule has 2 aromatic carbocycles. The SMILES string of the molecule is O=C(O)[C@@H]1[C@@H]2CC[C@H]1CN(c1ncc(-c3ccc4nc5n(c4c3)[C@@H](c3ccccc3OC(F)F)CC5)cn1)C2. The maximum absolute atomic E-state index is 13.1. The van der Waals surface area contributed by atoms with Crippen LogP contribution in [0.5, 0.6) is 5.75 Å². The molecule has 8 nitrogen and oxygen atoms in total. The molecule has 0 unspecified atom stereocenters. The molecule has 7 rings (SSSR count). The molecular weight excluding hydrogens is 504 g/mol. The molecule has 2 aromatic heterocycles. The van der Waals surface area contributed by atoms with E-state index in [4.69, 9.17) is 9.72 Å². The average molecular weight is 532 g/mol. The van der Waals surface area contributed by atoms with Crippen LogP contribution in [0.3, 0.4) is 0 Å². The van der Waals surface area contributed by atoms with Crippen LogP contribution in [0.25, 0.3) is 22.2 Å². The molecule has 0 spiro atoms. The Morgan fingerprint density at radius 3 is 2.46 bits per heavy atom. The number of alkyl halides is 2. The van der Waals surface area contributed by atoms with E-state index in [1.165, 1.54) is 0 Å². The average Bonchev–Trinajstić information content (AvgIpc) is 3.58. The fourth-order valence-corrected chi connectivity index (χ4v) is 6.92. The van der Waals surface area contributed by atoms with Gasteiger partial charge in [0.2, 0.25) is 5.95 Å². The van der Waals surface area contributed by atoms with Crippen LogP contribution in [0.2, 0.25) is 0 Å². The van der Waals surface area contributed by atoms with Crippen molar-refractivity contribution in [3.05, 3.63) is 66.2 Å². The number of anilines is 1. The van der Waals surface area contributed by atoms with E-state index >= 15 is 0 Å². The lowest BCUT2D eigenvalue weighted by atomic mass is 9.85. The summed E-state index contributed by atoms with van der Waals surface area (Å²) in [6.07, 6.45) is 6.98. The van der Waals surface area contributed by atoms with Gasteiger partial charge in [0.05, 0.1) is 23.0 Å². The van der Waals surface area contributed by atoms with Crippen molar-refractivity contribution < 1.29 is 23.4 Å². The molecule has 0 radical (unpaired) electrons. The molecule has 2 fully saturated rings. The summed E-state index contributed by atoms with van der Waals surface area (Å²) in [6.45, 7) is -1.56. The van der Waals surface area contributed by atoms with Crippen molar-refractivity contribution in [2.24, 2.45) is 17.8 Å². The van der Waals surface area contributed by atoms with Gasteiger partial charge in [-0.25, -0.2) is 15.0 Å². The number of nitrogens with zero attached hydrogens (tertiary/aromatic N) is 5. The first-order valence-electron chi connectivity index (χ1n) is 13.3. The number of carboxylic acid groups (broad SMARTS) is 1. The first-order valence-corrected chi connectivity index (χ1v) is 13.3. The van der Waals surface area contributed by atoms with Crippen molar-refractivity contribution in [2.75, 3.05) is 18.0 Å². The van der Waals surface area contributed by atoms with Crippen LogP contribution in [0, 0.1) is 17.8 Å². The second-order valence-corrected chi connectivity index (χ2v) is 10.7. The van der Waals surface area contributed by atoms with Gasteiger partial charge in [-0.05, 0) is 54.9 Å². The van der Waals surface area contributed by atoms with Gasteiger partial charge < -0.3 is 19.3 Å². The second kappa shape index (κ2) is 9.29. The third-order valence-electron chi connectivity index (χ3n) is 8.58. The number of benzene rings is 2. The van der Waals surface area contributed by atoms with Crippen LogP contribution in [0.1, 0.15) is 36.7 Å². The molecular formula is C29H27F2N5O3. The molecule has 2 bridgehead atoms. The highest BCUT2D eigenvalue weighted by Gasteiger charge is 2.46. The number of halogens is 2. The van der Waals surface area contributed by atoms with Gasteiger partial charge in [-0.3, -0.25) is 4.79 Å². The lowest BCUT2D eigenvalue weighted by Crippen LogP contribution is -2.45. The number of rotatable bonds is 6. The van der Waals surface area contributed by atoms with Gasteiger partial charge in [-0.1, -0.05) is 24.3 Å². The third kappa shape index (κ3) is 4.09. The Balaban J connectivity index is 1.18. The number of aliphatic carboxylic acids is 1. The summed E-state index contributed by atoms with van der Waals surface area (Å²) in [5, 5.41) is 9.59. The number of carboxylic acids is 1. The summed E-state index contributed by atoms with van der Waals surface area (Å²) in [5.41, 5.74) is 4.28. The van der Waals surface area contributed by atoms with Crippen LogP contribution in [0.15, 0.2) is 54.9 Å². The fourth-order valence-electron chi connectivity index (χ4n) is 6.92. The third-order valence-corrected chi connectivity index (χ3v) is 8.58. The van der Waals surface area contributed by atoms with Crippen LogP contribution in [0.4, 0.5) is 14.7 Å². The predicted molar refractivity (Wildman–Crippen MR) is 140 cm³/mol. The molecule has 1 saturated heterocycles. The van der Waals surface area contributed by atoms with Gasteiger partial charge >= 0.3 is 12.6 Å². The Morgan fingerprint density at radius 1 is 1.00 bits per heavy atom. The number of imidazole rings is 1. The molecule has 0 amide bonds. The van der Waals surface area contributed by atoms with Crippen LogP contribution >= 0.6 is 0 Å². The quantitative estimate of drug-likeness (QED) is 0.367. The maximum Gasteiger partial charge on any atom is 0.387 e. The van der Waals surface area contributed by atoms with E-state index in [-0.39, 0.29) is 29.5 Å². The zero-order valence-electron chi connectivity index (χ0n) is 21.1. The summed E-state index contributed by atoms with van der Waals surface area (Å²) in [7, 11) is 0. The summed E-state index contributed by atoms with van der Waals surface area (Å²) in [6, 6.07) is 12.8. The smallest absolute Gasteiger partial charge is 0.387 e. The highest BCUT2D eigenvalue weighted by atomic mass is 19.3. The van der Waals surface area contributed by atoms with Crippen molar-refractivity contribution in [1.29, 1.82) is 0 Å². The number of ether oxygens (including phenoxy) is 1. The van der Waals surface area contributed by atoms with E-state index in [9.17, 15) is 18.7 Å². The number of carbonyl (C=O) groups is 1. The standard InChI is InChI=1S/C29H27F2N5O3/c30-28(31)39-24-4-2-1-3-20(24)22-9-10-25-34-21-8-7-16(11-23(21)36(22)25)19-12-32-29(33-13-19)35-14-17-5-6-18(15-35)26(17)27(37)38/h1-4,7-8,11-13,17-18,22,26,28H,5-6,9-10,14-15H2,(H,37,38)/t17-,18+,22-,26-/m1/s1. The minimum atomic E-state index is -2.89. The number of fused-ring (bicyclic) bond motifs is 5. The minimum Gasteiger partial charge on any atom is -0.481 e. The van der Waals surface area contributed by atoms with Crippen molar-refractivity contribution in [2.45, 2.75) is 38.3 Å². The zero-order chi connectivity index (χ0) is 26.7. The molecule has 10 heteroatoms. The first kappa shape index (κ1) is 24.0. The van der Waals surface area contributed by atoms with Gasteiger partial charge in [0, 0.05) is 43.0 Å². The van der Waals surface area contributed by atoms with Gasteiger partial charge in [0.1, 0.15) is 11.6 Å². The Labute approximate surface area is 223 Å². The van der Waals surface area contributed by atoms with Crippen LogP contribution < -0.4 is 9.64 Å². The van der Waals surface area contributed by atoms with Crippen LogP contribution in [-0.2, 0) is 11.2 Å². The topological polar surface area (TPSA) is 93.4 Å². The Kier molecular flexibility index (Phi) is 5.71. The Hall–Kier alpha value is -4.08. The number of para-hydroxylation sites is 1. The Morgan fingerprint density at radius 2 is 1.74 bits per heavy atom. The van der Waals surface area contributed by atoms with Crippen LogP contribution in [-0.4, -0.2) is 50.3 Å². The number of aromatic nitrogens is 4. The molecule has 1 N–H and O–H groups in total. The van der Waals surface area contributed by atoms with Crippen molar-refractivity contribution in [3.63, 3.8) is 0 Å². The van der Waals surface area contributed by atoms with E-state index in [2.05, 4.69) is 25.5 Å². The summed E-state index contributed by atoms with van der Waals surface area (Å²) in [4.78, 5) is 27.9. The van der Waals surface area contributed by atoms with Gasteiger partial charge in [0.25, 0.3) is 0 Å². The molecule has 39 heavy (non-hydrogen) atoms. The van der Waals surface area contributed by atoms with E-state index in [0.29, 0.717) is 19.0 Å². The molecule has 3 aliphatic rings. The van der Waals surface area contributed by atoms with Gasteiger partial charge in [-0.15, -0.1) is 0 Å². The highest BCUT2D eigenvalue weighted by molar-refractivity contribution is 5.83. The first-order chi connectivity index (χ1) is 19.0. The van der Waals surface area contributed by atoms with E-state index in [0.717, 1.165) is 59.2 Å². The molecule has 2 aliphatic heterocycles. The Bertz CT molecular complexity index is 1540. The number of piperidine rings is 1. The monoisotopic (exact) mass is 531 g/mol. The molecule has 4 heterocycles. The number of aryl methyl sites for hydroxylation is 1. The fraction of sp³-hybridized carbons (Fsp3) is 0.379. The summed E-state index contributed by atoms with van der Waals surface area (Å²) < 4.78 is 33.1. The van der Waals surface area contributed by atoms with Crippen molar-refractivity contribution in [3.8, 4) is 16.9 Å². The minimum absolute atomic E-state index is 0.139. The van der Waals surface area contributed by atoms with E-state index in [1.807, 2.05) is 24.3 Å². The van der Waals surface area contributed by atoms with Gasteiger partial charge in [-0.2, -0.15) is 8.78 Å². The van der Waals surface area contributed by atoms with E-state index < -0.39 is 12.6 Å². The maximum atomic E-state index is 13.1. The highest BCUT2D eigenvalue weighted by Crippen LogP contribution is 2.43. The van der Waals surface area contributed by atoms with Crippen molar-refractivity contribution >= 4 is 23.0 Å². The molecule has 1 aliphatic carbocycles. The molecule has 200 valence electrons. The van der Waals surface area contributed by atoms with E-state index in [1.54, 1.807) is 24.5 Å². The zero-order valence-corrected chi connectivity index (χ0v) is 21.1. The number of hydrogen-bond donors (Lipinski definition) is 1. The summed E-state index contributed by atoms with van der Waals surface area (Å²) >= 11 is 0. The summed E-state index contributed by atoms with van der Waals surface area (Å²) in [5.74, 6) is 1.06. The lowest BCUT2D eigenvalue weighted by Gasteiger charge is -2.35.